The molecule has 4 aromatic rings. The standard InChI is InChI=1S/C37H37N3O6S/c1-28-6-16-35(17-7-28)47(41,42)46-24-23-45-22-21-44-20-19-43-18-4-5-31-8-10-33(11-9-31)27-40-29(2)36(26-39)37(30(40)3)34-14-12-32(25-38)13-15-34/h6-17H,18-24,27H2,1-3H3. The molecule has 0 N–H and O–H groups in total. The third-order valence-electron chi connectivity index (χ3n) is 7.42. The molecule has 0 radical (unpaired) electrons. The van der Waals surface area contributed by atoms with E-state index in [1.54, 1.807) is 24.3 Å². The molecule has 0 spiro atoms. The Balaban J connectivity index is 1.12. The fourth-order valence-corrected chi connectivity index (χ4v) is 5.77. The molecule has 0 amide bonds. The average Bonchev–Trinajstić information content (AvgIpc) is 3.31. The molecule has 0 atom stereocenters. The second kappa shape index (κ2) is 17.3. The first-order valence-electron chi connectivity index (χ1n) is 15.1. The van der Waals surface area contributed by atoms with Crippen LogP contribution in [0.4, 0.5) is 0 Å². The summed E-state index contributed by atoms with van der Waals surface area (Å²) < 4.78 is 47.7. The van der Waals surface area contributed by atoms with E-state index in [1.807, 2.05) is 57.2 Å². The van der Waals surface area contributed by atoms with E-state index in [-0.39, 0.29) is 24.7 Å². The molecular weight excluding hydrogens is 614 g/mol. The highest BCUT2D eigenvalue weighted by atomic mass is 32.2. The minimum atomic E-state index is -3.79. The Kier molecular flexibility index (Phi) is 12.9. The van der Waals surface area contributed by atoms with Crippen LogP contribution in [0.3, 0.4) is 0 Å². The van der Waals surface area contributed by atoms with Crippen LogP contribution in [0.15, 0.2) is 77.7 Å². The maximum absolute atomic E-state index is 12.1. The molecule has 0 bridgehead atoms. The highest BCUT2D eigenvalue weighted by Gasteiger charge is 2.19. The van der Waals surface area contributed by atoms with Gasteiger partial charge in [0.15, 0.2) is 0 Å². The highest BCUT2D eigenvalue weighted by molar-refractivity contribution is 7.86. The number of hydrogen-bond acceptors (Lipinski definition) is 8. The maximum Gasteiger partial charge on any atom is 0.297 e. The number of rotatable bonds is 15. The van der Waals surface area contributed by atoms with Crippen molar-refractivity contribution in [1.29, 1.82) is 10.5 Å². The van der Waals surface area contributed by atoms with Crippen molar-refractivity contribution in [3.05, 3.63) is 112 Å². The lowest BCUT2D eigenvalue weighted by molar-refractivity contribution is 0.0146. The van der Waals surface area contributed by atoms with Gasteiger partial charge in [0.1, 0.15) is 12.7 Å². The van der Waals surface area contributed by atoms with Crippen LogP contribution >= 0.6 is 0 Å². The van der Waals surface area contributed by atoms with Crippen molar-refractivity contribution in [2.75, 3.05) is 46.2 Å². The van der Waals surface area contributed by atoms with Gasteiger partial charge in [-0.25, -0.2) is 0 Å². The van der Waals surface area contributed by atoms with Gasteiger partial charge in [0.25, 0.3) is 10.1 Å². The molecule has 1 heterocycles. The van der Waals surface area contributed by atoms with Gasteiger partial charge in [-0.05, 0) is 68.3 Å². The number of nitrogens with zero attached hydrogens (tertiary/aromatic N) is 3. The second-order valence-corrected chi connectivity index (χ2v) is 12.3. The summed E-state index contributed by atoms with van der Waals surface area (Å²) in [6.07, 6.45) is 0. The molecule has 0 saturated heterocycles. The van der Waals surface area contributed by atoms with Crippen LogP contribution in [0.5, 0.6) is 0 Å². The summed E-state index contributed by atoms with van der Waals surface area (Å²) in [6.45, 7) is 8.24. The van der Waals surface area contributed by atoms with Gasteiger partial charge in [0.05, 0.1) is 61.7 Å². The molecule has 0 aliphatic heterocycles. The monoisotopic (exact) mass is 651 g/mol. The van der Waals surface area contributed by atoms with Crippen molar-refractivity contribution in [3.63, 3.8) is 0 Å². The number of aromatic nitrogens is 1. The molecule has 1 aromatic heterocycles. The fraction of sp³-hybridized carbons (Fsp3) is 0.297. The zero-order valence-electron chi connectivity index (χ0n) is 26.8. The Bertz CT molecular complexity index is 1890. The van der Waals surface area contributed by atoms with Crippen LogP contribution in [-0.2, 0) is 35.1 Å². The first-order chi connectivity index (χ1) is 22.7. The molecule has 0 aliphatic rings. The topological polar surface area (TPSA) is 124 Å². The van der Waals surface area contributed by atoms with Crippen LogP contribution in [0.25, 0.3) is 11.1 Å². The normalized spacial score (nSPS) is 11.0. The largest absolute Gasteiger partial charge is 0.377 e. The summed E-state index contributed by atoms with van der Waals surface area (Å²) in [6, 6.07) is 26.3. The summed E-state index contributed by atoms with van der Waals surface area (Å²) in [5, 5.41) is 19.0. The summed E-state index contributed by atoms with van der Waals surface area (Å²) >= 11 is 0. The van der Waals surface area contributed by atoms with Crippen LogP contribution in [0.2, 0.25) is 0 Å². The Hall–Kier alpha value is -4.73. The Morgan fingerprint density at radius 2 is 1.28 bits per heavy atom. The van der Waals surface area contributed by atoms with E-state index in [0.29, 0.717) is 44.1 Å². The number of nitriles is 2. The minimum absolute atomic E-state index is 0.0712. The van der Waals surface area contributed by atoms with Crippen molar-refractivity contribution in [2.24, 2.45) is 0 Å². The van der Waals surface area contributed by atoms with Crippen molar-refractivity contribution in [3.8, 4) is 35.1 Å². The predicted molar refractivity (Wildman–Crippen MR) is 178 cm³/mol. The zero-order chi connectivity index (χ0) is 33.6. The third-order valence-corrected chi connectivity index (χ3v) is 8.75. The second-order valence-electron chi connectivity index (χ2n) is 10.7. The molecular formula is C37H37N3O6S. The Morgan fingerprint density at radius 1 is 0.681 bits per heavy atom. The van der Waals surface area contributed by atoms with Gasteiger partial charge < -0.3 is 18.8 Å². The molecule has 9 nitrogen and oxygen atoms in total. The first-order valence-corrected chi connectivity index (χ1v) is 16.5. The number of hydrogen-bond donors (Lipinski definition) is 0. The molecule has 242 valence electrons. The summed E-state index contributed by atoms with van der Waals surface area (Å²) in [5.41, 5.74) is 7.87. The van der Waals surface area contributed by atoms with E-state index in [0.717, 1.165) is 39.2 Å². The maximum atomic E-state index is 12.1. The fourth-order valence-electron chi connectivity index (χ4n) is 4.87. The zero-order valence-corrected chi connectivity index (χ0v) is 27.6. The summed E-state index contributed by atoms with van der Waals surface area (Å²) in [4.78, 5) is 0.121. The van der Waals surface area contributed by atoms with Crippen molar-refractivity contribution >= 4 is 10.1 Å². The highest BCUT2D eigenvalue weighted by Crippen LogP contribution is 2.32. The molecule has 10 heteroatoms. The van der Waals surface area contributed by atoms with Gasteiger partial charge in [-0.2, -0.15) is 18.9 Å². The first kappa shape index (κ1) is 35.1. The summed E-state index contributed by atoms with van der Waals surface area (Å²) in [5.74, 6) is 6.11. The predicted octanol–water partition coefficient (Wildman–Crippen LogP) is 5.68. The van der Waals surface area contributed by atoms with E-state index in [2.05, 4.69) is 28.5 Å². The molecule has 47 heavy (non-hydrogen) atoms. The summed E-state index contributed by atoms with van der Waals surface area (Å²) in [7, 11) is -3.79. The SMILES string of the molecule is Cc1ccc(S(=O)(=O)OCCOCCOCCOCC#Cc2ccc(Cn3c(C)c(C#N)c(-c4ccc(C#N)cc4)c3C)cc2)cc1. The lowest BCUT2D eigenvalue weighted by atomic mass is 10.0. The average molecular weight is 652 g/mol. The van der Waals surface area contributed by atoms with Crippen molar-refractivity contribution in [2.45, 2.75) is 32.2 Å². The van der Waals surface area contributed by atoms with Crippen LogP contribution < -0.4 is 0 Å². The molecule has 0 saturated carbocycles. The van der Waals surface area contributed by atoms with E-state index in [9.17, 15) is 13.7 Å². The van der Waals surface area contributed by atoms with Gasteiger partial charge >= 0.3 is 0 Å². The van der Waals surface area contributed by atoms with Gasteiger partial charge in [-0.1, -0.05) is 53.8 Å². The molecule has 4 rings (SSSR count). The van der Waals surface area contributed by atoms with Gasteiger partial charge in [-0.15, -0.1) is 0 Å². The number of benzene rings is 3. The third kappa shape index (κ3) is 9.88. The van der Waals surface area contributed by atoms with Crippen LogP contribution in [0.1, 0.15) is 39.2 Å². The Labute approximate surface area is 277 Å². The lowest BCUT2D eigenvalue weighted by Crippen LogP contribution is -2.14. The minimum Gasteiger partial charge on any atom is -0.377 e. The molecule has 3 aromatic carbocycles. The van der Waals surface area contributed by atoms with Gasteiger partial charge in [0, 0.05) is 29.1 Å². The van der Waals surface area contributed by atoms with Crippen LogP contribution in [0, 0.1) is 55.3 Å². The van der Waals surface area contributed by atoms with E-state index >= 15 is 0 Å². The molecule has 0 unspecified atom stereocenters. The lowest BCUT2D eigenvalue weighted by Gasteiger charge is -2.10. The molecule has 0 fully saturated rings. The van der Waals surface area contributed by atoms with Crippen LogP contribution in [-0.4, -0.2) is 59.2 Å². The number of aryl methyl sites for hydroxylation is 1. The smallest absolute Gasteiger partial charge is 0.297 e. The van der Waals surface area contributed by atoms with E-state index in [1.165, 1.54) is 12.1 Å². The number of ether oxygens (including phenoxy) is 3. The van der Waals surface area contributed by atoms with Crippen molar-refractivity contribution < 1.29 is 26.8 Å². The van der Waals surface area contributed by atoms with E-state index in [4.69, 9.17) is 23.7 Å². The Morgan fingerprint density at radius 3 is 1.89 bits per heavy atom. The van der Waals surface area contributed by atoms with E-state index < -0.39 is 10.1 Å². The van der Waals surface area contributed by atoms with Crippen molar-refractivity contribution in [1.82, 2.24) is 4.57 Å². The van der Waals surface area contributed by atoms with Gasteiger partial charge in [-0.3, -0.25) is 4.18 Å². The quantitative estimate of drug-likeness (QED) is 0.0914. The molecule has 0 aliphatic carbocycles. The van der Waals surface area contributed by atoms with Gasteiger partial charge in [0.2, 0.25) is 0 Å².